The van der Waals surface area contributed by atoms with E-state index in [2.05, 4.69) is 15.9 Å². The van der Waals surface area contributed by atoms with Gasteiger partial charge in [0.05, 0.1) is 6.42 Å². The first kappa shape index (κ1) is 15.6. The molecule has 0 aromatic heterocycles. The fourth-order valence-corrected chi connectivity index (χ4v) is 2.19. The average Bonchev–Trinajstić information content (AvgIpc) is 2.36. The molecular formula is C14H10BrF3O3. The van der Waals surface area contributed by atoms with Crippen molar-refractivity contribution in [1.82, 2.24) is 0 Å². The van der Waals surface area contributed by atoms with E-state index in [-0.39, 0.29) is 5.75 Å². The molecule has 0 saturated carbocycles. The van der Waals surface area contributed by atoms with Crippen LogP contribution in [0.1, 0.15) is 6.42 Å². The number of aliphatic carboxylic acids is 1. The second-order valence-electron chi connectivity index (χ2n) is 4.40. The van der Waals surface area contributed by atoms with Gasteiger partial charge < -0.3 is 9.84 Å². The molecule has 0 bridgehead atoms. The number of rotatable bonds is 4. The molecule has 7 heteroatoms. The van der Waals surface area contributed by atoms with Gasteiger partial charge in [0, 0.05) is 4.47 Å². The molecule has 0 amide bonds. The Morgan fingerprint density at radius 3 is 2.43 bits per heavy atom. The van der Waals surface area contributed by atoms with Gasteiger partial charge in [0.15, 0.2) is 0 Å². The lowest BCUT2D eigenvalue weighted by atomic mass is 10.1. The first-order valence-electron chi connectivity index (χ1n) is 5.90. The standard InChI is InChI=1S/C14H10BrF3O3/c15-10-3-1-9-6-11(4-2-8(9)5-10)21-12(7-13(19)20)14(16,17)18/h1-6,12H,7H2,(H,19,20). The molecule has 2 aromatic rings. The number of halogens is 4. The largest absolute Gasteiger partial charge is 0.481 e. The van der Waals surface area contributed by atoms with Crippen molar-refractivity contribution in [3.8, 4) is 5.75 Å². The zero-order valence-electron chi connectivity index (χ0n) is 10.5. The number of carboxylic acids is 1. The lowest BCUT2D eigenvalue weighted by molar-refractivity contribution is -0.200. The number of ether oxygens (including phenoxy) is 1. The third kappa shape index (κ3) is 4.10. The summed E-state index contributed by atoms with van der Waals surface area (Å²) in [5.41, 5.74) is 0. The Bertz CT molecular complexity index is 670. The Morgan fingerprint density at radius 2 is 1.81 bits per heavy atom. The summed E-state index contributed by atoms with van der Waals surface area (Å²) in [5, 5.41) is 10.1. The summed E-state index contributed by atoms with van der Waals surface area (Å²) in [4.78, 5) is 10.5. The molecule has 0 saturated heterocycles. The summed E-state index contributed by atoms with van der Waals surface area (Å²) in [6.07, 6.45) is -8.25. The molecule has 0 radical (unpaired) electrons. The first-order chi connectivity index (χ1) is 9.75. The minimum Gasteiger partial charge on any atom is -0.481 e. The van der Waals surface area contributed by atoms with Crippen molar-refractivity contribution < 1.29 is 27.8 Å². The van der Waals surface area contributed by atoms with Crippen LogP contribution in [0.3, 0.4) is 0 Å². The van der Waals surface area contributed by atoms with Crippen LogP contribution in [-0.2, 0) is 4.79 Å². The van der Waals surface area contributed by atoms with Crippen LogP contribution in [0, 0.1) is 0 Å². The van der Waals surface area contributed by atoms with Gasteiger partial charge in [-0.2, -0.15) is 13.2 Å². The number of carboxylic acid groups (broad SMARTS) is 1. The quantitative estimate of drug-likeness (QED) is 0.877. The van der Waals surface area contributed by atoms with Gasteiger partial charge in [-0.05, 0) is 35.0 Å². The van der Waals surface area contributed by atoms with Gasteiger partial charge in [-0.3, -0.25) is 4.79 Å². The summed E-state index contributed by atoms with van der Waals surface area (Å²) >= 11 is 3.30. The van der Waals surface area contributed by atoms with E-state index in [1.807, 2.05) is 6.07 Å². The minimum atomic E-state index is -4.74. The first-order valence-corrected chi connectivity index (χ1v) is 6.69. The Labute approximate surface area is 126 Å². The van der Waals surface area contributed by atoms with Crippen LogP contribution in [0.25, 0.3) is 10.8 Å². The van der Waals surface area contributed by atoms with E-state index in [9.17, 15) is 18.0 Å². The fraction of sp³-hybridized carbons (Fsp3) is 0.214. The SMILES string of the molecule is O=C(O)CC(Oc1ccc2cc(Br)ccc2c1)C(F)(F)F. The molecular weight excluding hydrogens is 353 g/mol. The minimum absolute atomic E-state index is 0.0200. The monoisotopic (exact) mass is 362 g/mol. The Morgan fingerprint density at radius 1 is 1.19 bits per heavy atom. The van der Waals surface area contributed by atoms with Gasteiger partial charge in [-0.1, -0.05) is 28.1 Å². The van der Waals surface area contributed by atoms with Crippen molar-refractivity contribution in [2.75, 3.05) is 0 Å². The number of hydrogen-bond acceptors (Lipinski definition) is 2. The van der Waals surface area contributed by atoms with Crippen molar-refractivity contribution in [1.29, 1.82) is 0 Å². The molecule has 3 nitrogen and oxygen atoms in total. The summed E-state index contributed by atoms with van der Waals surface area (Å²) in [5.74, 6) is -1.59. The molecule has 2 aromatic carbocycles. The molecule has 1 unspecified atom stereocenters. The van der Waals surface area contributed by atoms with E-state index in [1.165, 1.54) is 12.1 Å². The molecule has 1 N–H and O–H groups in total. The van der Waals surface area contributed by atoms with Crippen LogP contribution in [-0.4, -0.2) is 23.4 Å². The van der Waals surface area contributed by atoms with Gasteiger partial charge in [0.1, 0.15) is 5.75 Å². The zero-order valence-corrected chi connectivity index (χ0v) is 12.1. The predicted octanol–water partition coefficient (Wildman–Crippen LogP) is 4.39. The molecule has 2 rings (SSSR count). The molecule has 1 atom stereocenters. The van der Waals surface area contributed by atoms with Crippen molar-refractivity contribution in [3.05, 3.63) is 40.9 Å². The third-order valence-electron chi connectivity index (χ3n) is 2.78. The number of benzene rings is 2. The fourth-order valence-electron chi connectivity index (χ4n) is 1.82. The normalized spacial score (nSPS) is 13.1. The van der Waals surface area contributed by atoms with E-state index in [4.69, 9.17) is 9.84 Å². The number of hydrogen-bond donors (Lipinski definition) is 1. The van der Waals surface area contributed by atoms with Crippen LogP contribution >= 0.6 is 15.9 Å². The van der Waals surface area contributed by atoms with E-state index >= 15 is 0 Å². The topological polar surface area (TPSA) is 46.5 Å². The third-order valence-corrected chi connectivity index (χ3v) is 3.27. The molecule has 112 valence electrons. The second kappa shape index (κ2) is 5.93. The van der Waals surface area contributed by atoms with Gasteiger partial charge in [0.25, 0.3) is 0 Å². The maximum atomic E-state index is 12.7. The molecule has 0 heterocycles. The smallest absolute Gasteiger partial charge is 0.425 e. The van der Waals surface area contributed by atoms with Crippen molar-refractivity contribution >= 4 is 32.7 Å². The van der Waals surface area contributed by atoms with Crippen molar-refractivity contribution in [2.24, 2.45) is 0 Å². The van der Waals surface area contributed by atoms with Crippen LogP contribution in [0.2, 0.25) is 0 Å². The molecule has 0 fully saturated rings. The highest BCUT2D eigenvalue weighted by Gasteiger charge is 2.43. The molecule has 0 aliphatic heterocycles. The number of alkyl halides is 3. The zero-order chi connectivity index (χ0) is 15.6. The Kier molecular flexibility index (Phi) is 4.41. The Hall–Kier alpha value is -1.76. The summed E-state index contributed by atoms with van der Waals surface area (Å²) in [7, 11) is 0. The van der Waals surface area contributed by atoms with Crippen molar-refractivity contribution in [3.63, 3.8) is 0 Å². The van der Waals surface area contributed by atoms with Crippen LogP contribution < -0.4 is 4.74 Å². The van der Waals surface area contributed by atoms with Gasteiger partial charge >= 0.3 is 12.1 Å². The van der Waals surface area contributed by atoms with E-state index in [0.29, 0.717) is 5.39 Å². The van der Waals surface area contributed by atoms with Crippen LogP contribution in [0.15, 0.2) is 40.9 Å². The van der Waals surface area contributed by atoms with E-state index in [1.54, 1.807) is 18.2 Å². The molecule has 21 heavy (non-hydrogen) atoms. The van der Waals surface area contributed by atoms with Crippen LogP contribution in [0.4, 0.5) is 13.2 Å². The number of fused-ring (bicyclic) bond motifs is 1. The highest BCUT2D eigenvalue weighted by Crippen LogP contribution is 2.30. The van der Waals surface area contributed by atoms with Crippen molar-refractivity contribution in [2.45, 2.75) is 18.7 Å². The molecule has 0 spiro atoms. The lowest BCUT2D eigenvalue weighted by Gasteiger charge is -2.20. The average molecular weight is 363 g/mol. The van der Waals surface area contributed by atoms with Crippen LogP contribution in [0.5, 0.6) is 5.75 Å². The van der Waals surface area contributed by atoms with Gasteiger partial charge in [0.2, 0.25) is 6.10 Å². The predicted molar refractivity (Wildman–Crippen MR) is 74.4 cm³/mol. The number of carbonyl (C=O) groups is 1. The Balaban J connectivity index is 2.28. The summed E-state index contributed by atoms with van der Waals surface area (Å²) in [6.45, 7) is 0. The molecule has 0 aliphatic carbocycles. The highest BCUT2D eigenvalue weighted by atomic mass is 79.9. The van der Waals surface area contributed by atoms with E-state index in [0.717, 1.165) is 9.86 Å². The van der Waals surface area contributed by atoms with E-state index < -0.39 is 24.7 Å². The lowest BCUT2D eigenvalue weighted by Crippen LogP contribution is -2.36. The summed E-state index contributed by atoms with van der Waals surface area (Å²) < 4.78 is 43.9. The van der Waals surface area contributed by atoms with Gasteiger partial charge in [-0.25, -0.2) is 0 Å². The maximum absolute atomic E-state index is 12.7. The van der Waals surface area contributed by atoms with Gasteiger partial charge in [-0.15, -0.1) is 0 Å². The highest BCUT2D eigenvalue weighted by molar-refractivity contribution is 9.10. The molecule has 0 aliphatic rings. The maximum Gasteiger partial charge on any atom is 0.425 e. The second-order valence-corrected chi connectivity index (χ2v) is 5.31. The summed E-state index contributed by atoms with van der Waals surface area (Å²) in [6, 6.07) is 9.75.